The number of aliphatic carboxylic acids is 1. The number of nitrogens with one attached hydrogen (secondary N) is 2. The maximum Gasteiger partial charge on any atom is 0.303 e. The molecule has 40 heavy (non-hydrogen) atoms. The number of hydrogen-bond donors (Lipinski definition) is 3. The van der Waals surface area contributed by atoms with Crippen LogP contribution in [0.2, 0.25) is 0 Å². The fourth-order valence-electron chi connectivity index (χ4n) is 5.11. The molecule has 2 aromatic heterocycles. The number of carbonyl (C=O) groups is 3. The number of carboxylic acid groups (broad SMARTS) is 1. The van der Waals surface area contributed by atoms with Gasteiger partial charge in [-0.15, -0.1) is 0 Å². The molecular formula is C30H34N6O4. The van der Waals surface area contributed by atoms with Gasteiger partial charge in [-0.1, -0.05) is 18.2 Å². The standard InChI is InChI=1S/C30H34N6O4/c1-18-15-35(26-14-23(30(40)31-3)11-12-24(18)26)19(2)29(39)34-25-13-20(7-8-21(25)5-4-6-27(37)38)16-36-28(22-9-10-22)32-17-33-36/h7-8,11-15,17,19,22H,4-6,9-10,16H2,1-3H3,(H,31,40)(H,34,39)(H,37,38). The second kappa shape index (κ2) is 11.3. The molecule has 5 rings (SSSR count). The van der Waals surface area contributed by atoms with Crippen molar-refractivity contribution >= 4 is 34.4 Å². The predicted octanol–water partition coefficient (Wildman–Crippen LogP) is 4.43. The van der Waals surface area contributed by atoms with E-state index in [1.807, 2.05) is 53.6 Å². The fourth-order valence-corrected chi connectivity index (χ4v) is 5.11. The van der Waals surface area contributed by atoms with Crippen LogP contribution >= 0.6 is 0 Å². The van der Waals surface area contributed by atoms with Crippen molar-refractivity contribution in [1.29, 1.82) is 0 Å². The molecule has 1 aliphatic rings. The second-order valence-corrected chi connectivity index (χ2v) is 10.5. The molecule has 3 N–H and O–H groups in total. The summed E-state index contributed by atoms with van der Waals surface area (Å²) in [5.74, 6) is 0.195. The van der Waals surface area contributed by atoms with Crippen molar-refractivity contribution < 1.29 is 19.5 Å². The Morgan fingerprint density at radius 2 is 1.95 bits per heavy atom. The highest BCUT2D eigenvalue weighted by Crippen LogP contribution is 2.38. The van der Waals surface area contributed by atoms with Gasteiger partial charge in [-0.3, -0.25) is 14.4 Å². The molecule has 1 atom stereocenters. The first-order chi connectivity index (χ1) is 19.2. The highest BCUT2D eigenvalue weighted by molar-refractivity contribution is 6.00. The average Bonchev–Trinajstić information content (AvgIpc) is 3.59. The van der Waals surface area contributed by atoms with Gasteiger partial charge in [-0.2, -0.15) is 5.10 Å². The first kappa shape index (κ1) is 27.1. The fraction of sp³-hybridized carbons (Fsp3) is 0.367. The Morgan fingerprint density at radius 1 is 1.15 bits per heavy atom. The number of hydrogen-bond acceptors (Lipinski definition) is 5. The molecule has 1 aliphatic carbocycles. The third-order valence-electron chi connectivity index (χ3n) is 7.51. The minimum atomic E-state index is -0.847. The van der Waals surface area contributed by atoms with E-state index in [1.54, 1.807) is 25.5 Å². The smallest absolute Gasteiger partial charge is 0.303 e. The third-order valence-corrected chi connectivity index (χ3v) is 7.51. The largest absolute Gasteiger partial charge is 0.481 e. The Labute approximate surface area is 232 Å². The minimum Gasteiger partial charge on any atom is -0.481 e. The summed E-state index contributed by atoms with van der Waals surface area (Å²) in [7, 11) is 1.59. The van der Waals surface area contributed by atoms with Crippen LogP contribution < -0.4 is 10.6 Å². The van der Waals surface area contributed by atoms with Gasteiger partial charge in [0.15, 0.2) is 0 Å². The van der Waals surface area contributed by atoms with E-state index in [2.05, 4.69) is 20.7 Å². The summed E-state index contributed by atoms with van der Waals surface area (Å²) in [6.07, 6.45) is 6.79. The summed E-state index contributed by atoms with van der Waals surface area (Å²) < 4.78 is 3.79. The van der Waals surface area contributed by atoms with Crippen molar-refractivity contribution in [3.8, 4) is 0 Å². The van der Waals surface area contributed by atoms with Gasteiger partial charge in [-0.25, -0.2) is 9.67 Å². The van der Waals surface area contributed by atoms with Crippen molar-refractivity contribution in [3.05, 3.63) is 77.0 Å². The molecule has 2 aromatic carbocycles. The molecule has 1 saturated carbocycles. The van der Waals surface area contributed by atoms with E-state index >= 15 is 0 Å². The van der Waals surface area contributed by atoms with Gasteiger partial charge < -0.3 is 20.3 Å². The summed E-state index contributed by atoms with van der Waals surface area (Å²) in [5.41, 5.74) is 4.84. The lowest BCUT2D eigenvalue weighted by Gasteiger charge is -2.18. The lowest BCUT2D eigenvalue weighted by molar-refractivity contribution is -0.137. The van der Waals surface area contributed by atoms with E-state index in [-0.39, 0.29) is 18.2 Å². The number of fused-ring (bicyclic) bond motifs is 1. The molecule has 208 valence electrons. The number of anilines is 1. The van der Waals surface area contributed by atoms with Crippen LogP contribution in [0.1, 0.15) is 77.4 Å². The highest BCUT2D eigenvalue weighted by atomic mass is 16.4. The average molecular weight is 543 g/mol. The van der Waals surface area contributed by atoms with E-state index in [4.69, 9.17) is 5.11 Å². The summed E-state index contributed by atoms with van der Waals surface area (Å²) in [6.45, 7) is 4.34. The number of nitrogens with zero attached hydrogens (tertiary/aromatic N) is 4. The van der Waals surface area contributed by atoms with Gasteiger partial charge in [0, 0.05) is 47.7 Å². The van der Waals surface area contributed by atoms with Gasteiger partial charge in [0.05, 0.1) is 6.54 Å². The molecule has 4 aromatic rings. The van der Waals surface area contributed by atoms with Crippen LogP contribution in [0.4, 0.5) is 5.69 Å². The van der Waals surface area contributed by atoms with E-state index in [0.717, 1.165) is 46.3 Å². The zero-order valence-electron chi connectivity index (χ0n) is 23.0. The second-order valence-electron chi connectivity index (χ2n) is 10.5. The molecule has 10 nitrogen and oxygen atoms in total. The van der Waals surface area contributed by atoms with Gasteiger partial charge in [0.2, 0.25) is 5.91 Å². The lowest BCUT2D eigenvalue weighted by Crippen LogP contribution is -2.24. The van der Waals surface area contributed by atoms with Crippen LogP contribution in [-0.2, 0) is 22.6 Å². The maximum atomic E-state index is 13.6. The van der Waals surface area contributed by atoms with Crippen molar-refractivity contribution in [2.24, 2.45) is 0 Å². The van der Waals surface area contributed by atoms with E-state index < -0.39 is 12.0 Å². The van der Waals surface area contributed by atoms with Crippen molar-refractivity contribution in [1.82, 2.24) is 24.6 Å². The molecule has 0 spiro atoms. The SMILES string of the molecule is CNC(=O)c1ccc2c(C)cn(C(C)C(=O)Nc3cc(Cn4ncnc4C4CC4)ccc3CCCC(=O)O)c2c1. The topological polar surface area (TPSA) is 131 Å². The molecule has 1 unspecified atom stereocenters. The molecule has 10 heteroatoms. The van der Waals surface area contributed by atoms with Crippen LogP contribution in [-0.4, -0.2) is 49.3 Å². The van der Waals surface area contributed by atoms with Crippen LogP contribution in [0, 0.1) is 6.92 Å². The summed E-state index contributed by atoms with van der Waals surface area (Å²) in [4.78, 5) is 41.4. The first-order valence-electron chi connectivity index (χ1n) is 13.6. The van der Waals surface area contributed by atoms with Gasteiger partial charge in [0.1, 0.15) is 18.2 Å². The van der Waals surface area contributed by atoms with E-state index in [0.29, 0.717) is 36.6 Å². The normalized spacial score (nSPS) is 13.8. The van der Waals surface area contributed by atoms with Crippen molar-refractivity contribution in [3.63, 3.8) is 0 Å². The number of benzene rings is 2. The zero-order valence-corrected chi connectivity index (χ0v) is 23.0. The van der Waals surface area contributed by atoms with Gasteiger partial charge >= 0.3 is 5.97 Å². The number of amides is 2. The van der Waals surface area contributed by atoms with E-state index in [1.165, 1.54) is 0 Å². The zero-order chi connectivity index (χ0) is 28.4. The van der Waals surface area contributed by atoms with Crippen LogP contribution in [0.5, 0.6) is 0 Å². The molecule has 2 heterocycles. The third kappa shape index (κ3) is 5.75. The number of aromatic nitrogens is 4. The van der Waals surface area contributed by atoms with E-state index in [9.17, 15) is 14.4 Å². The molecular weight excluding hydrogens is 508 g/mol. The van der Waals surface area contributed by atoms with Crippen LogP contribution in [0.3, 0.4) is 0 Å². The Morgan fingerprint density at radius 3 is 2.67 bits per heavy atom. The quantitative estimate of drug-likeness (QED) is 0.257. The Bertz CT molecular complexity index is 1580. The Kier molecular flexibility index (Phi) is 7.68. The number of carboxylic acids is 1. The van der Waals surface area contributed by atoms with Gasteiger partial charge in [0.25, 0.3) is 5.91 Å². The number of carbonyl (C=O) groups excluding carboxylic acids is 2. The molecule has 0 saturated heterocycles. The molecule has 2 amide bonds. The molecule has 0 bridgehead atoms. The maximum absolute atomic E-state index is 13.6. The van der Waals surface area contributed by atoms with Crippen molar-refractivity contribution in [2.45, 2.75) is 64.5 Å². The van der Waals surface area contributed by atoms with Crippen LogP contribution in [0.15, 0.2) is 48.9 Å². The van der Waals surface area contributed by atoms with Gasteiger partial charge in [-0.05, 0) is 74.4 Å². The number of rotatable bonds is 11. The Hall–Kier alpha value is -4.47. The first-order valence-corrected chi connectivity index (χ1v) is 13.6. The molecule has 1 fully saturated rings. The van der Waals surface area contributed by atoms with Crippen LogP contribution in [0.25, 0.3) is 10.9 Å². The lowest BCUT2D eigenvalue weighted by atomic mass is 10.0. The summed E-state index contributed by atoms with van der Waals surface area (Å²) in [6, 6.07) is 10.8. The monoisotopic (exact) mass is 542 g/mol. The predicted molar refractivity (Wildman–Crippen MR) is 152 cm³/mol. The summed E-state index contributed by atoms with van der Waals surface area (Å²) in [5, 5.41) is 20.2. The number of aryl methyl sites for hydroxylation is 2. The van der Waals surface area contributed by atoms with Crippen molar-refractivity contribution in [2.75, 3.05) is 12.4 Å². The molecule has 0 aliphatic heterocycles. The molecule has 0 radical (unpaired) electrons. The Balaban J connectivity index is 1.42. The minimum absolute atomic E-state index is 0.0531. The summed E-state index contributed by atoms with van der Waals surface area (Å²) >= 11 is 0. The highest BCUT2D eigenvalue weighted by Gasteiger charge is 2.28.